The first-order chi connectivity index (χ1) is 19.0. The van der Waals surface area contributed by atoms with Crippen LogP contribution in [0.2, 0.25) is 0 Å². The van der Waals surface area contributed by atoms with Gasteiger partial charge in [-0.3, -0.25) is 9.88 Å². The fourth-order valence-electron chi connectivity index (χ4n) is 5.52. The summed E-state index contributed by atoms with van der Waals surface area (Å²) >= 11 is 0. The number of amides is 3. The maximum atomic E-state index is 15.2. The average molecular weight is 552 g/mol. The molecule has 1 aliphatic carbocycles. The SMILES string of the molecule is COC(=O)NC[C@H]1CN(c2ccc(-c3ccc(C4(C#N)[C@@H]5CN(C(=O)OC(C)(C)C)C[C@@H]54)nc3)c(F)c2)C(=O)O1. The molecule has 1 aromatic heterocycles. The Kier molecular flexibility index (Phi) is 6.77. The standard InChI is InChI=1S/C28H30FN5O6/c1-27(2,3)40-25(36)33-13-20-21(14-33)28(20,15-30)23-8-5-16(10-31-23)19-7-6-17(9-22(19)29)34-12-18(39-26(34)37)11-32-24(35)38-4/h5-10,18,20-21H,11-14H2,1-4H3,(H,32,35)/t18-,20-,21+,28?/m0/s1. The van der Waals surface area contributed by atoms with Gasteiger partial charge in [-0.2, -0.15) is 5.26 Å². The molecule has 1 unspecified atom stereocenters. The number of ether oxygens (including phenoxy) is 3. The minimum Gasteiger partial charge on any atom is -0.453 e. The summed E-state index contributed by atoms with van der Waals surface area (Å²) in [6.45, 7) is 6.49. The van der Waals surface area contributed by atoms with Crippen molar-refractivity contribution in [2.24, 2.45) is 11.8 Å². The highest BCUT2D eigenvalue weighted by molar-refractivity contribution is 5.90. The van der Waals surface area contributed by atoms with E-state index in [9.17, 15) is 19.6 Å². The third-order valence-electron chi connectivity index (χ3n) is 7.51. The first-order valence-corrected chi connectivity index (χ1v) is 12.9. The zero-order chi connectivity index (χ0) is 28.8. The summed E-state index contributed by atoms with van der Waals surface area (Å²) in [5, 5.41) is 12.5. The Bertz CT molecular complexity index is 1370. The van der Waals surface area contributed by atoms with Crippen molar-refractivity contribution in [2.45, 2.75) is 37.9 Å². The Morgan fingerprint density at radius 2 is 1.95 bits per heavy atom. The van der Waals surface area contributed by atoms with Crippen molar-refractivity contribution >= 4 is 24.0 Å². The number of alkyl carbamates (subject to hydrolysis) is 1. The number of benzene rings is 1. The van der Waals surface area contributed by atoms with Crippen LogP contribution in [0.25, 0.3) is 11.1 Å². The second-order valence-corrected chi connectivity index (χ2v) is 11.2. The predicted octanol–water partition coefficient (Wildman–Crippen LogP) is 3.83. The highest BCUT2D eigenvalue weighted by Gasteiger charge is 2.71. The number of nitriles is 1. The fraction of sp³-hybridized carbons (Fsp3) is 0.464. The number of methoxy groups -OCH3 is 1. The number of piperidine rings is 1. The Balaban J connectivity index is 1.25. The van der Waals surface area contributed by atoms with Gasteiger partial charge in [0.1, 0.15) is 22.9 Å². The van der Waals surface area contributed by atoms with E-state index in [0.29, 0.717) is 30.0 Å². The number of nitrogens with one attached hydrogen (secondary N) is 1. The van der Waals surface area contributed by atoms with Crippen LogP contribution < -0.4 is 10.2 Å². The van der Waals surface area contributed by atoms with E-state index in [0.717, 1.165) is 0 Å². The van der Waals surface area contributed by atoms with E-state index in [1.807, 2.05) is 20.8 Å². The first-order valence-electron chi connectivity index (χ1n) is 12.9. The van der Waals surface area contributed by atoms with Gasteiger partial charge in [-0.15, -0.1) is 0 Å². The van der Waals surface area contributed by atoms with Crippen LogP contribution >= 0.6 is 0 Å². The minimum absolute atomic E-state index is 0.0359. The number of likely N-dealkylation sites (tertiary alicyclic amines) is 1. The summed E-state index contributed by atoms with van der Waals surface area (Å²) in [6, 6.07) is 10.3. The van der Waals surface area contributed by atoms with E-state index in [2.05, 4.69) is 21.1 Å². The minimum atomic E-state index is -0.783. The van der Waals surface area contributed by atoms with E-state index in [-0.39, 0.29) is 36.6 Å². The number of aromatic nitrogens is 1. The lowest BCUT2D eigenvalue weighted by Crippen LogP contribution is -2.39. The molecule has 3 heterocycles. The number of carbonyl (C=O) groups is 3. The molecule has 1 saturated carbocycles. The molecule has 3 amide bonds. The van der Waals surface area contributed by atoms with Crippen molar-refractivity contribution in [1.29, 1.82) is 5.26 Å². The van der Waals surface area contributed by atoms with E-state index < -0.39 is 35.1 Å². The number of nitrogens with zero attached hydrogens (tertiary/aromatic N) is 4. The van der Waals surface area contributed by atoms with E-state index in [1.54, 1.807) is 29.2 Å². The van der Waals surface area contributed by atoms with Gasteiger partial charge in [0.05, 0.1) is 37.6 Å². The van der Waals surface area contributed by atoms with Crippen molar-refractivity contribution in [3.8, 4) is 17.2 Å². The van der Waals surface area contributed by atoms with Crippen LogP contribution in [0.5, 0.6) is 0 Å². The van der Waals surface area contributed by atoms with Crippen LogP contribution in [0.15, 0.2) is 36.5 Å². The number of rotatable bonds is 5. The summed E-state index contributed by atoms with van der Waals surface area (Å²) in [6.07, 6.45) is -0.735. The number of anilines is 1. The molecule has 210 valence electrons. The normalized spacial score (nSPS) is 25.1. The predicted molar refractivity (Wildman–Crippen MR) is 140 cm³/mol. The number of hydrogen-bond donors (Lipinski definition) is 1. The molecule has 3 fully saturated rings. The highest BCUT2D eigenvalue weighted by Crippen LogP contribution is 2.62. The quantitative estimate of drug-likeness (QED) is 0.555. The van der Waals surface area contributed by atoms with E-state index >= 15 is 4.39 Å². The average Bonchev–Trinajstić information content (AvgIpc) is 3.19. The Morgan fingerprint density at radius 3 is 2.52 bits per heavy atom. The first kappa shape index (κ1) is 27.2. The van der Waals surface area contributed by atoms with Crippen molar-refractivity contribution < 1.29 is 33.0 Å². The van der Waals surface area contributed by atoms with Crippen molar-refractivity contribution in [2.75, 3.05) is 38.2 Å². The van der Waals surface area contributed by atoms with Gasteiger partial charge in [0.15, 0.2) is 0 Å². The second kappa shape index (κ2) is 9.97. The summed E-state index contributed by atoms with van der Waals surface area (Å²) in [4.78, 5) is 43.4. The highest BCUT2D eigenvalue weighted by atomic mass is 19.1. The zero-order valence-electron chi connectivity index (χ0n) is 22.6. The number of fused-ring (bicyclic) bond motifs is 1. The van der Waals surface area contributed by atoms with Crippen LogP contribution in [0, 0.1) is 29.0 Å². The molecule has 11 nitrogen and oxygen atoms in total. The summed E-state index contributed by atoms with van der Waals surface area (Å²) in [5.41, 5.74) is 0.351. The van der Waals surface area contributed by atoms with Crippen molar-refractivity contribution in [1.82, 2.24) is 15.2 Å². The maximum Gasteiger partial charge on any atom is 0.414 e. The van der Waals surface area contributed by atoms with Gasteiger partial charge < -0.3 is 24.4 Å². The molecule has 1 N–H and O–H groups in total. The number of cyclic esters (lactones) is 1. The molecule has 0 bridgehead atoms. The number of carbonyl (C=O) groups excluding carboxylic acids is 3. The van der Waals surface area contributed by atoms with Gasteiger partial charge in [-0.05, 0) is 45.0 Å². The molecular formula is C28H30FN5O6. The van der Waals surface area contributed by atoms with E-state index in [4.69, 9.17) is 9.47 Å². The van der Waals surface area contributed by atoms with Gasteiger partial charge in [0.2, 0.25) is 0 Å². The molecule has 4 atom stereocenters. The van der Waals surface area contributed by atoms with Gasteiger partial charge >= 0.3 is 18.3 Å². The third-order valence-corrected chi connectivity index (χ3v) is 7.51. The Morgan fingerprint density at radius 1 is 1.23 bits per heavy atom. The van der Waals surface area contributed by atoms with Crippen LogP contribution in [0.1, 0.15) is 26.5 Å². The zero-order valence-corrected chi connectivity index (χ0v) is 22.6. The molecule has 0 spiro atoms. The van der Waals surface area contributed by atoms with Gasteiger partial charge in [-0.25, -0.2) is 18.8 Å². The molecule has 40 heavy (non-hydrogen) atoms. The maximum absolute atomic E-state index is 15.2. The molecule has 2 aromatic rings. The summed E-state index contributed by atoms with van der Waals surface area (Å²) < 4.78 is 30.4. The lowest BCUT2D eigenvalue weighted by molar-refractivity contribution is 0.0265. The van der Waals surface area contributed by atoms with Gasteiger partial charge in [0, 0.05) is 42.2 Å². The van der Waals surface area contributed by atoms with Crippen molar-refractivity contribution in [3.63, 3.8) is 0 Å². The van der Waals surface area contributed by atoms with Crippen molar-refractivity contribution in [3.05, 3.63) is 48.0 Å². The number of hydrogen-bond acceptors (Lipinski definition) is 8. The molecule has 0 radical (unpaired) electrons. The van der Waals surface area contributed by atoms with Crippen LogP contribution in [-0.4, -0.2) is 73.2 Å². The topological polar surface area (TPSA) is 134 Å². The van der Waals surface area contributed by atoms with E-state index in [1.165, 1.54) is 24.3 Å². The second-order valence-electron chi connectivity index (χ2n) is 11.2. The van der Waals surface area contributed by atoms with Crippen LogP contribution in [0.3, 0.4) is 0 Å². The van der Waals surface area contributed by atoms with Gasteiger partial charge in [0.25, 0.3) is 0 Å². The smallest absolute Gasteiger partial charge is 0.414 e. The largest absolute Gasteiger partial charge is 0.453 e. The molecule has 3 aliphatic rings. The molecule has 12 heteroatoms. The molecule has 5 rings (SSSR count). The Labute approximate surface area is 230 Å². The van der Waals surface area contributed by atoms with Gasteiger partial charge in [-0.1, -0.05) is 6.07 Å². The summed E-state index contributed by atoms with van der Waals surface area (Å²) in [7, 11) is 1.23. The molecule has 1 aromatic carbocycles. The molecule has 2 aliphatic heterocycles. The van der Waals surface area contributed by atoms with Crippen LogP contribution in [-0.2, 0) is 19.6 Å². The summed E-state index contributed by atoms with van der Waals surface area (Å²) in [5.74, 6) is -0.625. The monoisotopic (exact) mass is 551 g/mol. The lowest BCUT2D eigenvalue weighted by Gasteiger charge is -2.27. The van der Waals surface area contributed by atoms with Crippen LogP contribution in [0.4, 0.5) is 24.5 Å². The fourth-order valence-corrected chi connectivity index (χ4v) is 5.52. The third kappa shape index (κ3) is 4.87. The number of halogens is 1. The molecule has 2 saturated heterocycles. The Hall–Kier alpha value is -4.40. The number of pyridine rings is 1. The lowest BCUT2D eigenvalue weighted by atomic mass is 9.95. The molecular weight excluding hydrogens is 521 g/mol.